The van der Waals surface area contributed by atoms with Crippen LogP contribution in [0.5, 0.6) is 0 Å². The van der Waals surface area contributed by atoms with E-state index in [9.17, 15) is 12.8 Å². The molecule has 2 aromatic carbocycles. The minimum absolute atomic E-state index is 0.110. The lowest BCUT2D eigenvalue weighted by Crippen LogP contribution is -2.32. The Kier molecular flexibility index (Phi) is 5.63. The fourth-order valence-electron chi connectivity index (χ4n) is 2.51. The third-order valence-corrected chi connectivity index (χ3v) is 6.58. The fraction of sp³-hybridized carbons (Fsp3) is 0.158. The van der Waals surface area contributed by atoms with Crippen LogP contribution in [0.15, 0.2) is 77.0 Å². The average molecular weight is 375 g/mol. The van der Waals surface area contributed by atoms with Gasteiger partial charge in [-0.1, -0.05) is 36.4 Å². The molecule has 0 unspecified atom stereocenters. The number of halogens is 1. The molecule has 3 aromatic rings. The lowest BCUT2D eigenvalue weighted by molar-refractivity contribution is 0.412. The van der Waals surface area contributed by atoms with E-state index in [-0.39, 0.29) is 4.90 Å². The molecule has 1 aromatic heterocycles. The first-order valence-corrected chi connectivity index (χ1v) is 10.2. The van der Waals surface area contributed by atoms with E-state index in [1.54, 1.807) is 0 Å². The zero-order valence-corrected chi connectivity index (χ0v) is 15.1. The third kappa shape index (κ3) is 4.54. The molecule has 0 spiro atoms. The van der Waals surface area contributed by atoms with Gasteiger partial charge in [0.15, 0.2) is 0 Å². The molecule has 0 saturated carbocycles. The molecule has 0 N–H and O–H groups in total. The molecule has 0 radical (unpaired) electrons. The van der Waals surface area contributed by atoms with E-state index in [1.165, 1.54) is 39.9 Å². The molecule has 130 valence electrons. The van der Waals surface area contributed by atoms with Crippen LogP contribution >= 0.6 is 11.3 Å². The molecule has 1 heterocycles. The molecule has 0 fully saturated rings. The van der Waals surface area contributed by atoms with Crippen molar-refractivity contribution in [3.63, 3.8) is 0 Å². The molecular formula is C19H18FNO2S2. The summed E-state index contributed by atoms with van der Waals surface area (Å²) < 4.78 is 40.6. The van der Waals surface area contributed by atoms with Crippen molar-refractivity contribution in [1.29, 1.82) is 0 Å². The molecular weight excluding hydrogens is 357 g/mol. The minimum atomic E-state index is -3.69. The summed E-state index contributed by atoms with van der Waals surface area (Å²) in [6.07, 6.45) is 0.618. The summed E-state index contributed by atoms with van der Waals surface area (Å²) in [7, 11) is -3.69. The van der Waals surface area contributed by atoms with Crippen molar-refractivity contribution in [2.45, 2.75) is 17.9 Å². The van der Waals surface area contributed by atoms with Crippen molar-refractivity contribution in [2.75, 3.05) is 6.54 Å². The standard InChI is InChI=1S/C19H18FNO2S2/c20-17-8-10-19(11-9-17)25(22,23)21(15-18-7-4-14-24-18)13-12-16-5-2-1-3-6-16/h1-11,14H,12-13,15H2. The van der Waals surface area contributed by atoms with Crippen LogP contribution < -0.4 is 0 Å². The molecule has 6 heteroatoms. The largest absolute Gasteiger partial charge is 0.243 e. The van der Waals surface area contributed by atoms with Crippen molar-refractivity contribution in [3.8, 4) is 0 Å². The highest BCUT2D eigenvalue weighted by molar-refractivity contribution is 7.89. The number of thiophene rings is 1. The average Bonchev–Trinajstić information content (AvgIpc) is 3.13. The Bertz CT molecular complexity index is 892. The van der Waals surface area contributed by atoms with E-state index in [0.29, 0.717) is 19.5 Å². The summed E-state index contributed by atoms with van der Waals surface area (Å²) in [6.45, 7) is 0.672. The van der Waals surface area contributed by atoms with Gasteiger partial charge in [0.1, 0.15) is 5.82 Å². The monoisotopic (exact) mass is 375 g/mol. The van der Waals surface area contributed by atoms with Gasteiger partial charge in [0.2, 0.25) is 10.0 Å². The molecule has 0 bridgehead atoms. The Morgan fingerprint density at radius 1 is 0.920 bits per heavy atom. The summed E-state index contributed by atoms with van der Waals surface area (Å²) in [5, 5.41) is 1.93. The second kappa shape index (κ2) is 7.91. The lowest BCUT2D eigenvalue weighted by Gasteiger charge is -2.22. The van der Waals surface area contributed by atoms with Gasteiger partial charge in [-0.2, -0.15) is 4.31 Å². The van der Waals surface area contributed by atoms with Crippen molar-refractivity contribution < 1.29 is 12.8 Å². The zero-order chi connectivity index (χ0) is 17.7. The molecule has 25 heavy (non-hydrogen) atoms. The Morgan fingerprint density at radius 2 is 1.64 bits per heavy atom. The maximum absolute atomic E-state index is 13.1. The van der Waals surface area contributed by atoms with Gasteiger partial charge < -0.3 is 0 Å². The van der Waals surface area contributed by atoms with E-state index in [1.807, 2.05) is 47.8 Å². The molecule has 0 amide bonds. The van der Waals surface area contributed by atoms with Crippen LogP contribution in [0.25, 0.3) is 0 Å². The van der Waals surface area contributed by atoms with Gasteiger partial charge in [-0.25, -0.2) is 12.8 Å². The molecule has 0 aliphatic rings. The van der Waals surface area contributed by atoms with Crippen LogP contribution in [-0.2, 0) is 23.0 Å². The second-order valence-electron chi connectivity index (χ2n) is 5.61. The van der Waals surface area contributed by atoms with Crippen molar-refractivity contribution in [3.05, 3.63) is 88.4 Å². The van der Waals surface area contributed by atoms with Gasteiger partial charge >= 0.3 is 0 Å². The van der Waals surface area contributed by atoms with E-state index in [0.717, 1.165) is 10.4 Å². The van der Waals surface area contributed by atoms with Crippen molar-refractivity contribution in [1.82, 2.24) is 4.31 Å². The van der Waals surface area contributed by atoms with Gasteiger partial charge in [-0.15, -0.1) is 11.3 Å². The van der Waals surface area contributed by atoms with Crippen LogP contribution in [-0.4, -0.2) is 19.3 Å². The minimum Gasteiger partial charge on any atom is -0.207 e. The quantitative estimate of drug-likeness (QED) is 0.617. The van der Waals surface area contributed by atoms with Crippen LogP contribution in [0.4, 0.5) is 4.39 Å². The number of hydrogen-bond acceptors (Lipinski definition) is 3. The second-order valence-corrected chi connectivity index (χ2v) is 8.58. The SMILES string of the molecule is O=S(=O)(c1ccc(F)cc1)N(CCc1ccccc1)Cc1cccs1. The number of sulfonamides is 1. The summed E-state index contributed by atoms with van der Waals surface area (Å²) in [4.78, 5) is 1.08. The van der Waals surface area contributed by atoms with E-state index >= 15 is 0 Å². The first-order valence-electron chi connectivity index (χ1n) is 7.88. The molecule has 3 nitrogen and oxygen atoms in total. The van der Waals surface area contributed by atoms with Gasteiger partial charge in [0, 0.05) is 18.0 Å². The highest BCUT2D eigenvalue weighted by Crippen LogP contribution is 2.21. The number of benzene rings is 2. The number of hydrogen-bond donors (Lipinski definition) is 0. The Hall–Kier alpha value is -2.02. The van der Waals surface area contributed by atoms with Crippen LogP contribution in [0, 0.1) is 5.82 Å². The van der Waals surface area contributed by atoms with E-state index < -0.39 is 15.8 Å². The third-order valence-electron chi connectivity index (χ3n) is 3.86. The summed E-state index contributed by atoms with van der Waals surface area (Å²) in [5.41, 5.74) is 1.08. The van der Waals surface area contributed by atoms with Crippen LogP contribution in [0.3, 0.4) is 0 Å². The van der Waals surface area contributed by atoms with Crippen LogP contribution in [0.2, 0.25) is 0 Å². The van der Waals surface area contributed by atoms with Gasteiger partial charge in [0.25, 0.3) is 0 Å². The Labute approximate surface area is 151 Å². The van der Waals surface area contributed by atoms with E-state index in [4.69, 9.17) is 0 Å². The molecule has 3 rings (SSSR count). The maximum Gasteiger partial charge on any atom is 0.243 e. The van der Waals surface area contributed by atoms with Gasteiger partial charge in [-0.05, 0) is 47.7 Å². The number of nitrogens with zero attached hydrogens (tertiary/aromatic N) is 1. The lowest BCUT2D eigenvalue weighted by atomic mass is 10.1. The smallest absolute Gasteiger partial charge is 0.207 e. The van der Waals surface area contributed by atoms with Crippen LogP contribution in [0.1, 0.15) is 10.4 Å². The topological polar surface area (TPSA) is 37.4 Å². The van der Waals surface area contributed by atoms with Gasteiger partial charge in [0.05, 0.1) is 4.90 Å². The zero-order valence-electron chi connectivity index (χ0n) is 13.5. The first kappa shape index (κ1) is 17.8. The normalized spacial score (nSPS) is 11.8. The fourth-order valence-corrected chi connectivity index (χ4v) is 4.73. The molecule has 0 atom stereocenters. The molecule has 0 aliphatic heterocycles. The Morgan fingerprint density at radius 3 is 2.28 bits per heavy atom. The van der Waals surface area contributed by atoms with Crippen molar-refractivity contribution >= 4 is 21.4 Å². The summed E-state index contributed by atoms with van der Waals surface area (Å²) in [6, 6.07) is 18.6. The summed E-state index contributed by atoms with van der Waals surface area (Å²) >= 11 is 1.52. The highest BCUT2D eigenvalue weighted by Gasteiger charge is 2.24. The van der Waals surface area contributed by atoms with Crippen molar-refractivity contribution in [2.24, 2.45) is 0 Å². The van der Waals surface area contributed by atoms with E-state index in [2.05, 4.69) is 0 Å². The Balaban J connectivity index is 1.85. The maximum atomic E-state index is 13.1. The number of rotatable bonds is 7. The highest BCUT2D eigenvalue weighted by atomic mass is 32.2. The molecule has 0 saturated heterocycles. The predicted molar refractivity (Wildman–Crippen MR) is 98.5 cm³/mol. The first-order chi connectivity index (χ1) is 12.1. The van der Waals surface area contributed by atoms with Gasteiger partial charge in [-0.3, -0.25) is 0 Å². The predicted octanol–water partition coefficient (Wildman–Crippen LogP) is 4.32. The molecule has 0 aliphatic carbocycles. The summed E-state index contributed by atoms with van der Waals surface area (Å²) in [5.74, 6) is -0.451.